The van der Waals surface area contributed by atoms with Gasteiger partial charge < -0.3 is 19.4 Å². The van der Waals surface area contributed by atoms with Crippen molar-refractivity contribution in [1.29, 1.82) is 0 Å². The van der Waals surface area contributed by atoms with Crippen molar-refractivity contribution < 1.29 is 37.3 Å². The summed E-state index contributed by atoms with van der Waals surface area (Å²) in [6.45, 7) is 7.10. The molecule has 0 aliphatic rings. The Bertz CT molecular complexity index is 1580. The third kappa shape index (κ3) is 70.8. The number of nitrogens with zero attached hydrogens (tertiary/aromatic N) is 1. The zero-order valence-corrected chi connectivity index (χ0v) is 62.3. The Morgan fingerprint density at radius 1 is 0.378 bits per heavy atom. The average Bonchev–Trinajstić information content (AvgIpc) is 3.12. The second-order valence-corrected chi connectivity index (χ2v) is 30.4. The largest absolute Gasteiger partial charge is 0.472 e. The molecule has 0 aliphatic carbocycles. The molecule has 3 atom stereocenters. The minimum atomic E-state index is -4.45. The Labute approximate surface area is 562 Å². The molecule has 0 aliphatic heterocycles. The van der Waals surface area contributed by atoms with Gasteiger partial charge in [-0.2, -0.15) is 0 Å². The molecule has 0 spiro atoms. The molecule has 0 bridgehead atoms. The van der Waals surface area contributed by atoms with E-state index in [1.807, 2.05) is 27.2 Å². The summed E-state index contributed by atoms with van der Waals surface area (Å²) < 4.78 is 30.9. The zero-order chi connectivity index (χ0) is 65.6. The van der Waals surface area contributed by atoms with E-state index in [1.54, 1.807) is 0 Å². The quantitative estimate of drug-likeness (QED) is 0.0205. The maximum atomic E-state index is 13.7. The lowest BCUT2D eigenvalue weighted by molar-refractivity contribution is -0.870. The van der Waals surface area contributed by atoms with Crippen LogP contribution in [0.3, 0.4) is 0 Å². The van der Waals surface area contributed by atoms with Gasteiger partial charge in [0.1, 0.15) is 19.3 Å². The maximum Gasteiger partial charge on any atom is 0.472 e. The molecule has 90 heavy (non-hydrogen) atoms. The van der Waals surface area contributed by atoms with Crippen LogP contribution in [-0.4, -0.2) is 74.3 Å². The molecular formula is C80H158N2O7P+. The number of phosphoric acid groups is 1. The second kappa shape index (κ2) is 70.3. The Morgan fingerprint density at radius 2 is 0.644 bits per heavy atom. The van der Waals surface area contributed by atoms with Gasteiger partial charge in [-0.3, -0.25) is 18.6 Å². The first-order valence-corrected chi connectivity index (χ1v) is 41.7. The van der Waals surface area contributed by atoms with Crippen molar-refractivity contribution in [3.8, 4) is 0 Å². The molecule has 0 saturated heterocycles. The third-order valence-electron chi connectivity index (χ3n) is 18.6. The van der Waals surface area contributed by atoms with Gasteiger partial charge in [-0.15, -0.1) is 0 Å². The van der Waals surface area contributed by atoms with Crippen LogP contribution < -0.4 is 5.32 Å². The number of carbonyl (C=O) groups excluding carboxylic acids is 2. The molecule has 0 heterocycles. The minimum absolute atomic E-state index is 0.0452. The Hall–Kier alpha value is -1.51. The molecule has 534 valence electrons. The standard InChI is InChI=1S/C80H157N2O7P/c1-7-10-13-16-19-22-25-28-30-32-34-36-38-40-41-43-45-47-49-51-53-55-58-61-64-67-70-73-80(84)89-78(71-68-65-62-59-56-27-24-21-18-15-12-9-3)77(76-88-90(85,86)87-75-74-82(4,5)6)81-79(83)72-69-66-63-60-57-54-52-50-48-46-44-42-39-37-35-33-31-29-26-23-20-17-14-11-8-2/h28,30,68,71,77-78H,7-27,29,31-67,69-70,72-76H2,1-6H3,(H-,81,83,85,86)/p+1/b30-28+,71-68+. The number of rotatable bonds is 75. The van der Waals surface area contributed by atoms with Crippen LogP contribution >= 0.6 is 7.82 Å². The van der Waals surface area contributed by atoms with Crippen LogP contribution in [0.2, 0.25) is 0 Å². The minimum Gasteiger partial charge on any atom is -0.456 e. The number of hydrogen-bond donors (Lipinski definition) is 2. The summed E-state index contributed by atoms with van der Waals surface area (Å²) >= 11 is 0. The van der Waals surface area contributed by atoms with Crippen LogP contribution in [0.25, 0.3) is 0 Å². The number of phosphoric ester groups is 1. The second-order valence-electron chi connectivity index (χ2n) is 29.0. The van der Waals surface area contributed by atoms with E-state index in [9.17, 15) is 19.0 Å². The monoisotopic (exact) mass is 1290 g/mol. The fourth-order valence-electron chi connectivity index (χ4n) is 12.5. The summed E-state index contributed by atoms with van der Waals surface area (Å²) in [6.07, 6.45) is 87.9. The predicted molar refractivity (Wildman–Crippen MR) is 393 cm³/mol. The van der Waals surface area contributed by atoms with Crippen molar-refractivity contribution in [2.75, 3.05) is 40.9 Å². The predicted octanol–water partition coefficient (Wildman–Crippen LogP) is 26.0. The normalized spacial score (nSPS) is 13.5. The van der Waals surface area contributed by atoms with Crippen molar-refractivity contribution in [1.82, 2.24) is 5.32 Å². The summed E-state index contributed by atoms with van der Waals surface area (Å²) in [5.41, 5.74) is 0. The maximum absolute atomic E-state index is 13.7. The van der Waals surface area contributed by atoms with Gasteiger partial charge in [0.2, 0.25) is 5.91 Å². The van der Waals surface area contributed by atoms with E-state index in [4.69, 9.17) is 13.8 Å². The van der Waals surface area contributed by atoms with Gasteiger partial charge in [-0.25, -0.2) is 4.57 Å². The van der Waals surface area contributed by atoms with Crippen LogP contribution in [0.4, 0.5) is 0 Å². The van der Waals surface area contributed by atoms with Gasteiger partial charge in [0, 0.05) is 12.8 Å². The molecule has 0 radical (unpaired) electrons. The highest BCUT2D eigenvalue weighted by Gasteiger charge is 2.30. The molecule has 3 unspecified atom stereocenters. The lowest BCUT2D eigenvalue weighted by atomic mass is 10.0. The van der Waals surface area contributed by atoms with Gasteiger partial charge in [0.25, 0.3) is 0 Å². The highest BCUT2D eigenvalue weighted by Crippen LogP contribution is 2.43. The van der Waals surface area contributed by atoms with Gasteiger partial charge in [-0.1, -0.05) is 379 Å². The van der Waals surface area contributed by atoms with Crippen molar-refractivity contribution in [3.05, 3.63) is 24.3 Å². The van der Waals surface area contributed by atoms with E-state index in [1.165, 1.54) is 334 Å². The number of esters is 1. The Balaban J connectivity index is 4.87. The van der Waals surface area contributed by atoms with E-state index in [-0.39, 0.29) is 25.1 Å². The number of quaternary nitrogens is 1. The van der Waals surface area contributed by atoms with E-state index >= 15 is 0 Å². The number of ether oxygens (including phenoxy) is 1. The van der Waals surface area contributed by atoms with Crippen LogP contribution in [0, 0.1) is 0 Å². The number of hydrogen-bond acceptors (Lipinski definition) is 6. The summed E-state index contributed by atoms with van der Waals surface area (Å²) in [6, 6.07) is -0.843. The first-order chi connectivity index (χ1) is 43.9. The zero-order valence-electron chi connectivity index (χ0n) is 61.4. The van der Waals surface area contributed by atoms with Gasteiger partial charge in [-0.05, 0) is 57.4 Å². The summed E-state index contributed by atoms with van der Waals surface area (Å²) in [4.78, 5) is 38.0. The Kier molecular flexibility index (Phi) is 69.1. The van der Waals surface area contributed by atoms with Crippen LogP contribution in [0.5, 0.6) is 0 Å². The fraction of sp³-hybridized carbons (Fsp3) is 0.925. The van der Waals surface area contributed by atoms with Crippen molar-refractivity contribution in [2.45, 2.75) is 437 Å². The number of amides is 1. The molecular weight excluding hydrogens is 1130 g/mol. The lowest BCUT2D eigenvalue weighted by Crippen LogP contribution is -2.47. The highest BCUT2D eigenvalue weighted by atomic mass is 31.2. The SMILES string of the molecule is CCCCCCCC/C=C/CCCCCCCCCCCCCCCCCCCC(=O)OC(/C=C/CCCCCCCCCCCC)C(COP(=O)(O)OCC[N+](C)(C)C)NC(=O)CCCCCCCCCCCCCCCCCCCCCCCCCCC. The molecule has 0 aromatic heterocycles. The molecule has 1 amide bonds. The van der Waals surface area contributed by atoms with E-state index in [0.717, 1.165) is 57.8 Å². The van der Waals surface area contributed by atoms with Gasteiger partial charge in [0.05, 0.1) is 33.8 Å². The first kappa shape index (κ1) is 88.5. The molecule has 9 nitrogen and oxygen atoms in total. The average molecular weight is 1290 g/mol. The Morgan fingerprint density at radius 3 is 0.944 bits per heavy atom. The van der Waals surface area contributed by atoms with Gasteiger partial charge in [0.15, 0.2) is 0 Å². The fourth-order valence-corrected chi connectivity index (χ4v) is 13.2. The third-order valence-corrected chi connectivity index (χ3v) is 19.6. The molecule has 0 aromatic rings. The summed E-state index contributed by atoms with van der Waals surface area (Å²) in [7, 11) is 1.52. The van der Waals surface area contributed by atoms with E-state index in [0.29, 0.717) is 23.9 Å². The van der Waals surface area contributed by atoms with E-state index < -0.39 is 20.0 Å². The number of carbonyl (C=O) groups is 2. The topological polar surface area (TPSA) is 111 Å². The highest BCUT2D eigenvalue weighted by molar-refractivity contribution is 7.47. The molecule has 0 aromatic carbocycles. The number of likely N-dealkylation sites (N-methyl/N-ethyl adjacent to an activating group) is 1. The lowest BCUT2D eigenvalue weighted by Gasteiger charge is -2.27. The summed E-state index contributed by atoms with van der Waals surface area (Å²) in [5, 5.41) is 3.09. The number of nitrogens with one attached hydrogen (secondary N) is 1. The van der Waals surface area contributed by atoms with Crippen LogP contribution in [0.15, 0.2) is 24.3 Å². The van der Waals surface area contributed by atoms with E-state index in [2.05, 4.69) is 44.3 Å². The molecule has 10 heteroatoms. The number of allylic oxidation sites excluding steroid dienone is 3. The van der Waals surface area contributed by atoms with Crippen molar-refractivity contribution in [3.63, 3.8) is 0 Å². The van der Waals surface area contributed by atoms with Crippen molar-refractivity contribution in [2.24, 2.45) is 0 Å². The smallest absolute Gasteiger partial charge is 0.456 e. The van der Waals surface area contributed by atoms with Gasteiger partial charge >= 0.3 is 13.8 Å². The molecule has 2 N–H and O–H groups in total. The molecule has 0 rings (SSSR count). The molecule has 0 fully saturated rings. The first-order valence-electron chi connectivity index (χ1n) is 40.2. The molecule has 0 saturated carbocycles. The van der Waals surface area contributed by atoms with Crippen LogP contribution in [0.1, 0.15) is 425 Å². The van der Waals surface area contributed by atoms with Crippen LogP contribution in [-0.2, 0) is 27.9 Å². The summed E-state index contributed by atoms with van der Waals surface area (Å²) in [5.74, 6) is -0.476. The van der Waals surface area contributed by atoms with Crippen molar-refractivity contribution >= 4 is 19.7 Å². The number of unbranched alkanes of at least 4 members (excludes halogenated alkanes) is 57.